The molecule has 0 bridgehead atoms. The molecular weight excluding hydrogens is 260 g/mol. The molecular formula is C15H19ClN2O. The molecule has 1 saturated carbocycles. The zero-order chi connectivity index (χ0) is 13.2. The second-order valence-corrected chi connectivity index (χ2v) is 6.08. The molecule has 4 heteroatoms. The van der Waals surface area contributed by atoms with Crippen LogP contribution in [0.15, 0.2) is 24.3 Å². The van der Waals surface area contributed by atoms with Crippen molar-refractivity contribution in [2.75, 3.05) is 13.1 Å². The van der Waals surface area contributed by atoms with E-state index in [-0.39, 0.29) is 6.03 Å². The number of fused-ring (bicyclic) bond motifs is 1. The number of nitrogens with one attached hydrogen (secondary N) is 1. The van der Waals surface area contributed by atoms with Crippen LogP contribution in [0, 0.1) is 11.8 Å². The van der Waals surface area contributed by atoms with Gasteiger partial charge < -0.3 is 10.2 Å². The van der Waals surface area contributed by atoms with Crippen LogP contribution in [0.1, 0.15) is 24.8 Å². The summed E-state index contributed by atoms with van der Waals surface area (Å²) in [5, 5.41) is 3.70. The van der Waals surface area contributed by atoms with Crippen LogP contribution in [0.2, 0.25) is 5.02 Å². The first-order valence-electron chi connectivity index (χ1n) is 6.99. The number of likely N-dealkylation sites (tertiary alicyclic amines) is 1. The van der Waals surface area contributed by atoms with Crippen LogP contribution in [0.4, 0.5) is 4.79 Å². The number of hydrogen-bond acceptors (Lipinski definition) is 1. The number of rotatable bonds is 2. The maximum absolute atomic E-state index is 12.1. The Kier molecular flexibility index (Phi) is 3.65. The van der Waals surface area contributed by atoms with E-state index in [0.29, 0.717) is 11.6 Å². The third kappa shape index (κ3) is 2.86. The van der Waals surface area contributed by atoms with Crippen LogP contribution < -0.4 is 5.32 Å². The van der Waals surface area contributed by atoms with E-state index in [0.717, 1.165) is 30.5 Å². The molecule has 2 atom stereocenters. The van der Waals surface area contributed by atoms with Gasteiger partial charge in [-0.25, -0.2) is 4.79 Å². The second kappa shape index (κ2) is 5.41. The lowest BCUT2D eigenvalue weighted by molar-refractivity contribution is 0.204. The number of carbonyl (C=O) groups is 1. The first-order valence-corrected chi connectivity index (χ1v) is 7.37. The summed E-state index contributed by atoms with van der Waals surface area (Å²) in [6, 6.07) is 7.68. The molecule has 2 fully saturated rings. The topological polar surface area (TPSA) is 32.3 Å². The Morgan fingerprint density at radius 1 is 1.32 bits per heavy atom. The monoisotopic (exact) mass is 278 g/mol. The van der Waals surface area contributed by atoms with Gasteiger partial charge in [0.1, 0.15) is 0 Å². The molecule has 1 N–H and O–H groups in total. The second-order valence-electron chi connectivity index (χ2n) is 5.64. The van der Waals surface area contributed by atoms with Gasteiger partial charge in [-0.05, 0) is 42.4 Å². The first kappa shape index (κ1) is 12.8. The van der Waals surface area contributed by atoms with E-state index in [1.54, 1.807) is 0 Å². The highest BCUT2D eigenvalue weighted by Crippen LogP contribution is 2.37. The molecule has 0 aromatic heterocycles. The minimum Gasteiger partial charge on any atom is -0.334 e. The number of benzene rings is 1. The largest absolute Gasteiger partial charge is 0.334 e. The van der Waals surface area contributed by atoms with Gasteiger partial charge in [0.05, 0.1) is 0 Å². The molecule has 2 amide bonds. The van der Waals surface area contributed by atoms with Gasteiger partial charge >= 0.3 is 6.03 Å². The molecule has 1 saturated heterocycles. The van der Waals surface area contributed by atoms with Crippen molar-refractivity contribution in [3.8, 4) is 0 Å². The maximum Gasteiger partial charge on any atom is 0.317 e. The normalized spacial score (nSPS) is 25.4. The smallest absolute Gasteiger partial charge is 0.317 e. The predicted octanol–water partition coefficient (Wildman–Crippen LogP) is 3.28. The van der Waals surface area contributed by atoms with Crippen molar-refractivity contribution in [2.24, 2.45) is 11.8 Å². The lowest BCUT2D eigenvalue weighted by Crippen LogP contribution is -2.38. The van der Waals surface area contributed by atoms with E-state index >= 15 is 0 Å². The summed E-state index contributed by atoms with van der Waals surface area (Å²) < 4.78 is 0. The Morgan fingerprint density at radius 3 is 2.74 bits per heavy atom. The van der Waals surface area contributed by atoms with Crippen LogP contribution in [0.5, 0.6) is 0 Å². The molecule has 2 unspecified atom stereocenters. The Bertz CT molecular complexity index is 465. The fourth-order valence-corrected chi connectivity index (χ4v) is 3.55. The number of halogens is 1. The summed E-state index contributed by atoms with van der Waals surface area (Å²) in [5.74, 6) is 1.49. The summed E-state index contributed by atoms with van der Waals surface area (Å²) in [4.78, 5) is 14.1. The van der Waals surface area contributed by atoms with Crippen molar-refractivity contribution >= 4 is 17.6 Å². The maximum atomic E-state index is 12.1. The van der Waals surface area contributed by atoms with E-state index in [2.05, 4.69) is 5.32 Å². The van der Waals surface area contributed by atoms with Gasteiger partial charge in [-0.1, -0.05) is 30.2 Å². The van der Waals surface area contributed by atoms with Crippen molar-refractivity contribution < 1.29 is 4.79 Å². The molecule has 1 aromatic carbocycles. The van der Waals surface area contributed by atoms with Crippen molar-refractivity contribution in [3.63, 3.8) is 0 Å². The van der Waals surface area contributed by atoms with Crippen molar-refractivity contribution in [2.45, 2.75) is 25.8 Å². The standard InChI is InChI=1S/C15H19ClN2O/c16-14-6-1-3-11(7-14)8-17-15(19)18-9-12-4-2-5-13(12)10-18/h1,3,6-7,12-13H,2,4-5,8-10H2,(H,17,19). The highest BCUT2D eigenvalue weighted by molar-refractivity contribution is 6.30. The average Bonchev–Trinajstić information content (AvgIpc) is 2.96. The third-order valence-electron chi connectivity index (χ3n) is 4.35. The van der Waals surface area contributed by atoms with E-state index in [1.807, 2.05) is 29.2 Å². The van der Waals surface area contributed by atoms with Crippen LogP contribution in [0.3, 0.4) is 0 Å². The number of carbonyl (C=O) groups excluding carboxylic acids is 1. The summed E-state index contributed by atoms with van der Waals surface area (Å²) in [6.45, 7) is 2.42. The van der Waals surface area contributed by atoms with E-state index in [1.165, 1.54) is 19.3 Å². The highest BCUT2D eigenvalue weighted by atomic mass is 35.5. The zero-order valence-corrected chi connectivity index (χ0v) is 11.7. The number of amides is 2. The van der Waals surface area contributed by atoms with Gasteiger partial charge in [-0.3, -0.25) is 0 Å². The lowest BCUT2D eigenvalue weighted by Gasteiger charge is -2.18. The summed E-state index contributed by atoms with van der Waals surface area (Å²) in [7, 11) is 0. The summed E-state index contributed by atoms with van der Waals surface area (Å²) in [6.07, 6.45) is 3.93. The van der Waals surface area contributed by atoms with Gasteiger partial charge in [-0.15, -0.1) is 0 Å². The summed E-state index contributed by atoms with van der Waals surface area (Å²) in [5.41, 5.74) is 1.04. The van der Waals surface area contributed by atoms with Crippen molar-refractivity contribution in [1.82, 2.24) is 10.2 Å². The number of nitrogens with zero attached hydrogens (tertiary/aromatic N) is 1. The van der Waals surface area contributed by atoms with E-state index in [9.17, 15) is 4.79 Å². The van der Waals surface area contributed by atoms with Crippen molar-refractivity contribution in [3.05, 3.63) is 34.9 Å². The average molecular weight is 279 g/mol. The van der Waals surface area contributed by atoms with Gasteiger partial charge in [0, 0.05) is 24.7 Å². The molecule has 3 rings (SSSR count). The van der Waals surface area contributed by atoms with Gasteiger partial charge in [0.25, 0.3) is 0 Å². The van der Waals surface area contributed by atoms with Crippen LogP contribution in [0.25, 0.3) is 0 Å². The summed E-state index contributed by atoms with van der Waals surface area (Å²) >= 11 is 5.93. The van der Waals surface area contributed by atoms with E-state index in [4.69, 9.17) is 11.6 Å². The zero-order valence-electron chi connectivity index (χ0n) is 10.9. The Labute approximate surface area is 118 Å². The minimum atomic E-state index is 0.0642. The molecule has 0 spiro atoms. The molecule has 102 valence electrons. The van der Waals surface area contributed by atoms with Gasteiger partial charge in [0.15, 0.2) is 0 Å². The fraction of sp³-hybridized carbons (Fsp3) is 0.533. The molecule has 19 heavy (non-hydrogen) atoms. The highest BCUT2D eigenvalue weighted by Gasteiger charge is 2.37. The molecule has 1 aliphatic carbocycles. The van der Waals surface area contributed by atoms with Gasteiger partial charge in [-0.2, -0.15) is 0 Å². The van der Waals surface area contributed by atoms with Gasteiger partial charge in [0.2, 0.25) is 0 Å². The van der Waals surface area contributed by atoms with Crippen molar-refractivity contribution in [1.29, 1.82) is 0 Å². The molecule has 0 radical (unpaired) electrons. The molecule has 1 aliphatic heterocycles. The minimum absolute atomic E-state index is 0.0642. The number of urea groups is 1. The lowest BCUT2D eigenvalue weighted by atomic mass is 10.0. The predicted molar refractivity (Wildman–Crippen MR) is 76.1 cm³/mol. The first-order chi connectivity index (χ1) is 9.22. The SMILES string of the molecule is O=C(NCc1cccc(Cl)c1)N1CC2CCCC2C1. The van der Waals surface area contributed by atoms with E-state index < -0.39 is 0 Å². The van der Waals surface area contributed by atoms with Crippen LogP contribution in [-0.4, -0.2) is 24.0 Å². The molecule has 1 heterocycles. The van der Waals surface area contributed by atoms with Crippen LogP contribution >= 0.6 is 11.6 Å². The number of hydrogen-bond donors (Lipinski definition) is 1. The third-order valence-corrected chi connectivity index (χ3v) is 4.58. The molecule has 2 aliphatic rings. The molecule has 1 aromatic rings. The Morgan fingerprint density at radius 2 is 2.05 bits per heavy atom. The fourth-order valence-electron chi connectivity index (χ4n) is 3.34. The quantitative estimate of drug-likeness (QED) is 0.885. The van der Waals surface area contributed by atoms with Crippen LogP contribution in [-0.2, 0) is 6.54 Å². The molecule has 3 nitrogen and oxygen atoms in total. The Hall–Kier alpha value is -1.22. The Balaban J connectivity index is 1.52.